The number of aromatic hydroxyl groups is 1. The van der Waals surface area contributed by atoms with Gasteiger partial charge in [0.1, 0.15) is 0 Å². The SMILES string of the molecule is O=C(N/N=C\c1cc(Br)cc([N+](=O)[O-])c1O)c1ccc(Cl)c(Cl)c1. The Kier molecular flexibility index (Phi) is 5.76. The molecule has 0 aliphatic carbocycles. The second-order valence-corrected chi connectivity index (χ2v) is 6.18. The second kappa shape index (κ2) is 7.61. The first-order valence-electron chi connectivity index (χ1n) is 6.25. The molecule has 0 aliphatic rings. The zero-order chi connectivity index (χ0) is 17.9. The van der Waals surface area contributed by atoms with E-state index in [0.29, 0.717) is 9.50 Å². The van der Waals surface area contributed by atoms with Crippen LogP contribution < -0.4 is 5.43 Å². The van der Waals surface area contributed by atoms with Crippen LogP contribution in [0.5, 0.6) is 5.75 Å². The molecule has 2 aromatic rings. The molecular weight excluding hydrogens is 425 g/mol. The monoisotopic (exact) mass is 431 g/mol. The van der Waals surface area contributed by atoms with Crippen LogP contribution in [0, 0.1) is 10.1 Å². The summed E-state index contributed by atoms with van der Waals surface area (Å²) in [7, 11) is 0. The fraction of sp³-hybridized carbons (Fsp3) is 0. The van der Waals surface area contributed by atoms with E-state index in [0.717, 1.165) is 12.3 Å². The molecule has 0 unspecified atom stereocenters. The third kappa shape index (κ3) is 4.22. The van der Waals surface area contributed by atoms with E-state index < -0.39 is 22.3 Å². The number of benzene rings is 2. The molecule has 7 nitrogen and oxygen atoms in total. The van der Waals surface area contributed by atoms with E-state index in [1.165, 1.54) is 24.3 Å². The zero-order valence-electron chi connectivity index (χ0n) is 11.7. The van der Waals surface area contributed by atoms with E-state index in [1.807, 2.05) is 0 Å². The molecule has 0 aliphatic heterocycles. The normalized spacial score (nSPS) is 10.8. The summed E-state index contributed by atoms with van der Waals surface area (Å²) in [5.41, 5.74) is 2.03. The van der Waals surface area contributed by atoms with Gasteiger partial charge in [0.25, 0.3) is 5.91 Å². The number of phenols is 1. The standard InChI is InChI=1S/C14H8BrCl2N3O4/c15-9-3-8(13(21)12(5-9)20(23)24)6-18-19-14(22)7-1-2-10(16)11(17)4-7/h1-6,21H,(H,19,22)/b18-6-. The Morgan fingerprint density at radius 1 is 1.29 bits per heavy atom. The number of halogens is 3. The molecule has 0 spiro atoms. The predicted octanol–water partition coefficient (Wildman–Crippen LogP) is 4.13. The lowest BCUT2D eigenvalue weighted by molar-refractivity contribution is -0.385. The Bertz CT molecular complexity index is 858. The van der Waals surface area contributed by atoms with Gasteiger partial charge in [0.05, 0.1) is 21.2 Å². The molecular formula is C14H8BrCl2N3O4. The molecule has 0 saturated heterocycles. The van der Waals surface area contributed by atoms with Crippen LogP contribution in [-0.4, -0.2) is 22.2 Å². The number of nitrogens with one attached hydrogen (secondary N) is 1. The molecule has 2 aromatic carbocycles. The summed E-state index contributed by atoms with van der Waals surface area (Å²) in [5.74, 6) is -1.12. The number of nitrogens with zero attached hydrogens (tertiary/aromatic N) is 2. The van der Waals surface area contributed by atoms with Gasteiger partial charge in [-0.05, 0) is 24.3 Å². The number of amides is 1. The van der Waals surface area contributed by atoms with Crippen LogP contribution in [0.15, 0.2) is 39.9 Å². The third-order valence-corrected chi connectivity index (χ3v) is 4.03. The van der Waals surface area contributed by atoms with Crippen LogP contribution >= 0.6 is 39.1 Å². The van der Waals surface area contributed by atoms with Gasteiger partial charge in [-0.3, -0.25) is 14.9 Å². The van der Waals surface area contributed by atoms with Crippen molar-refractivity contribution in [1.82, 2.24) is 5.43 Å². The first kappa shape index (κ1) is 18.2. The molecule has 24 heavy (non-hydrogen) atoms. The minimum atomic E-state index is -0.730. The van der Waals surface area contributed by atoms with Crippen LogP contribution in [0.25, 0.3) is 0 Å². The number of rotatable bonds is 4. The van der Waals surface area contributed by atoms with E-state index in [-0.39, 0.29) is 16.1 Å². The number of nitro groups is 1. The van der Waals surface area contributed by atoms with Crippen LogP contribution in [0.4, 0.5) is 5.69 Å². The summed E-state index contributed by atoms with van der Waals surface area (Å²) >= 11 is 14.7. The first-order chi connectivity index (χ1) is 11.3. The van der Waals surface area contributed by atoms with E-state index >= 15 is 0 Å². The van der Waals surface area contributed by atoms with E-state index in [1.54, 1.807) is 0 Å². The van der Waals surface area contributed by atoms with E-state index in [9.17, 15) is 20.0 Å². The summed E-state index contributed by atoms with van der Waals surface area (Å²) in [4.78, 5) is 22.0. The van der Waals surface area contributed by atoms with Crippen LogP contribution in [0.3, 0.4) is 0 Å². The van der Waals surface area contributed by atoms with Gasteiger partial charge >= 0.3 is 5.69 Å². The molecule has 1 amide bonds. The van der Waals surface area contributed by atoms with Gasteiger partial charge in [0, 0.05) is 21.7 Å². The van der Waals surface area contributed by atoms with Gasteiger partial charge in [0.2, 0.25) is 5.75 Å². The molecule has 0 heterocycles. The number of hydrogen-bond acceptors (Lipinski definition) is 5. The highest BCUT2D eigenvalue weighted by Gasteiger charge is 2.17. The number of nitro benzene ring substituents is 1. The Labute approximate surface area is 154 Å². The lowest BCUT2D eigenvalue weighted by Crippen LogP contribution is -2.17. The number of hydrazone groups is 1. The quantitative estimate of drug-likeness (QED) is 0.430. The summed E-state index contributed by atoms with van der Waals surface area (Å²) < 4.78 is 0.379. The number of phenolic OH excluding ortho intramolecular Hbond substituents is 1. The highest BCUT2D eigenvalue weighted by molar-refractivity contribution is 9.10. The molecule has 0 fully saturated rings. The average molecular weight is 433 g/mol. The number of carbonyl (C=O) groups is 1. The Hall–Kier alpha value is -2.16. The number of carbonyl (C=O) groups excluding carboxylic acids is 1. The lowest BCUT2D eigenvalue weighted by atomic mass is 10.2. The van der Waals surface area contributed by atoms with Crippen LogP contribution in [0.2, 0.25) is 10.0 Å². The minimum absolute atomic E-state index is 0.0607. The fourth-order valence-corrected chi connectivity index (χ4v) is 2.47. The summed E-state index contributed by atoms with van der Waals surface area (Å²) in [5, 5.41) is 24.9. The summed E-state index contributed by atoms with van der Waals surface area (Å²) in [6.07, 6.45) is 1.09. The lowest BCUT2D eigenvalue weighted by Gasteiger charge is -2.03. The van der Waals surface area contributed by atoms with Crippen molar-refractivity contribution < 1.29 is 14.8 Å². The van der Waals surface area contributed by atoms with Crippen molar-refractivity contribution in [2.24, 2.45) is 5.10 Å². The maximum absolute atomic E-state index is 11.9. The van der Waals surface area contributed by atoms with Gasteiger partial charge in [-0.1, -0.05) is 39.1 Å². The fourth-order valence-electron chi connectivity index (χ4n) is 1.71. The molecule has 2 N–H and O–H groups in total. The van der Waals surface area contributed by atoms with Gasteiger partial charge in [0.15, 0.2) is 0 Å². The smallest absolute Gasteiger partial charge is 0.312 e. The van der Waals surface area contributed by atoms with Gasteiger partial charge in [-0.15, -0.1) is 0 Å². The van der Waals surface area contributed by atoms with Crippen molar-refractivity contribution in [3.8, 4) is 5.75 Å². The van der Waals surface area contributed by atoms with Crippen molar-refractivity contribution in [3.05, 3.63) is 66.1 Å². The topological polar surface area (TPSA) is 105 Å². The Balaban J connectivity index is 2.18. The van der Waals surface area contributed by atoms with E-state index in [2.05, 4.69) is 26.5 Å². The molecule has 2 rings (SSSR count). The zero-order valence-corrected chi connectivity index (χ0v) is 14.8. The first-order valence-corrected chi connectivity index (χ1v) is 7.80. The largest absolute Gasteiger partial charge is 0.502 e. The predicted molar refractivity (Wildman–Crippen MR) is 94.0 cm³/mol. The third-order valence-electron chi connectivity index (χ3n) is 2.83. The van der Waals surface area contributed by atoms with Gasteiger partial charge < -0.3 is 5.11 Å². The molecule has 0 saturated carbocycles. The molecule has 0 radical (unpaired) electrons. The molecule has 124 valence electrons. The van der Waals surface area contributed by atoms with Crippen LogP contribution in [-0.2, 0) is 0 Å². The van der Waals surface area contributed by atoms with E-state index in [4.69, 9.17) is 23.2 Å². The average Bonchev–Trinajstić information content (AvgIpc) is 2.52. The molecule has 10 heteroatoms. The van der Waals surface area contributed by atoms with Gasteiger partial charge in [-0.25, -0.2) is 5.43 Å². The van der Waals surface area contributed by atoms with Crippen LogP contribution in [0.1, 0.15) is 15.9 Å². The van der Waals surface area contributed by atoms with Crippen molar-refractivity contribution in [3.63, 3.8) is 0 Å². The van der Waals surface area contributed by atoms with Crippen molar-refractivity contribution >= 4 is 56.9 Å². The molecule has 0 atom stereocenters. The maximum Gasteiger partial charge on any atom is 0.312 e. The van der Waals surface area contributed by atoms with Crippen molar-refractivity contribution in [2.75, 3.05) is 0 Å². The van der Waals surface area contributed by atoms with Crippen molar-refractivity contribution in [1.29, 1.82) is 0 Å². The summed E-state index contributed by atoms with van der Waals surface area (Å²) in [6.45, 7) is 0. The molecule has 0 aromatic heterocycles. The minimum Gasteiger partial charge on any atom is -0.502 e. The Morgan fingerprint density at radius 3 is 2.62 bits per heavy atom. The van der Waals surface area contributed by atoms with Gasteiger partial charge in [-0.2, -0.15) is 5.10 Å². The second-order valence-electron chi connectivity index (χ2n) is 4.45. The maximum atomic E-state index is 11.9. The number of hydrogen-bond donors (Lipinski definition) is 2. The highest BCUT2D eigenvalue weighted by atomic mass is 79.9. The van der Waals surface area contributed by atoms with Crippen molar-refractivity contribution in [2.45, 2.75) is 0 Å². The molecule has 0 bridgehead atoms. The summed E-state index contributed by atoms with van der Waals surface area (Å²) in [6, 6.07) is 6.86. The highest BCUT2D eigenvalue weighted by Crippen LogP contribution is 2.32. The Morgan fingerprint density at radius 2 is 2.00 bits per heavy atom.